The average molecular weight is 654 g/mol. The van der Waals surface area contributed by atoms with Crippen LogP contribution in [0.5, 0.6) is 0 Å². The number of hydrogen-bond donors (Lipinski definition) is 0. The smallest absolute Gasteiger partial charge is 0.435 e. The average Bonchev–Trinajstić information content (AvgIpc) is 3.70. The Balaban J connectivity index is 1.56. The van der Waals surface area contributed by atoms with Gasteiger partial charge in [0.15, 0.2) is 9.84 Å². The molecular formula is C29H27F8NO5S. The number of halogens is 8. The highest BCUT2D eigenvalue weighted by molar-refractivity contribution is 7.92. The van der Waals surface area contributed by atoms with Gasteiger partial charge in [-0.25, -0.2) is 17.2 Å². The summed E-state index contributed by atoms with van der Waals surface area (Å²) in [5.74, 6) is -1.63. The number of rotatable bonds is 6. The molecule has 2 aliphatic carbocycles. The van der Waals surface area contributed by atoms with E-state index in [1.807, 2.05) is 0 Å². The predicted molar refractivity (Wildman–Crippen MR) is 138 cm³/mol. The zero-order chi connectivity index (χ0) is 32.6. The van der Waals surface area contributed by atoms with Gasteiger partial charge in [-0.2, -0.15) is 26.3 Å². The van der Waals surface area contributed by atoms with Gasteiger partial charge in [0.25, 0.3) is 0 Å². The van der Waals surface area contributed by atoms with E-state index in [1.54, 1.807) is 0 Å². The minimum Gasteiger partial charge on any atom is -0.469 e. The Morgan fingerprint density at radius 2 is 1.32 bits per heavy atom. The van der Waals surface area contributed by atoms with Crippen LogP contribution in [-0.2, 0) is 34.6 Å². The Kier molecular flexibility index (Phi) is 7.42. The number of nitrogens with zero attached hydrogens (tertiary/aromatic N) is 1. The first kappa shape index (κ1) is 32.2. The fraction of sp³-hybridized carbons (Fsp3) is 0.517. The summed E-state index contributed by atoms with van der Waals surface area (Å²) in [6.07, 6.45) is -11.4. The predicted octanol–water partition coefficient (Wildman–Crippen LogP) is 6.14. The summed E-state index contributed by atoms with van der Waals surface area (Å²) in [5.41, 5.74) is -9.60. The number of sulfone groups is 1. The topological polar surface area (TPSA) is 80.8 Å². The van der Waals surface area contributed by atoms with Crippen LogP contribution in [-0.4, -0.2) is 57.7 Å². The van der Waals surface area contributed by atoms with Crippen molar-refractivity contribution < 1.29 is 57.9 Å². The van der Waals surface area contributed by atoms with E-state index in [4.69, 9.17) is 4.74 Å². The Hall–Kier alpha value is -3.23. The first-order chi connectivity index (χ1) is 20.3. The summed E-state index contributed by atoms with van der Waals surface area (Å²) in [7, 11) is -3.34. The van der Waals surface area contributed by atoms with Crippen molar-refractivity contribution in [3.8, 4) is 0 Å². The summed E-state index contributed by atoms with van der Waals surface area (Å²) in [4.78, 5) is 27.3. The number of benzene rings is 2. The summed E-state index contributed by atoms with van der Waals surface area (Å²) in [6, 6.07) is 5.50. The molecule has 0 unspecified atom stereocenters. The number of esters is 1. The third kappa shape index (κ3) is 4.51. The number of alkyl halides is 7. The molecule has 0 N–H and O–H groups in total. The lowest BCUT2D eigenvalue weighted by Gasteiger charge is -2.34. The minimum atomic E-state index is -6.37. The van der Waals surface area contributed by atoms with E-state index in [9.17, 15) is 53.1 Å². The first-order valence-corrected chi connectivity index (χ1v) is 15.1. The van der Waals surface area contributed by atoms with Crippen molar-refractivity contribution in [2.24, 2.45) is 10.8 Å². The number of methoxy groups -OCH3 is 1. The number of carbonyl (C=O) groups excluding carboxylic acids is 2. The van der Waals surface area contributed by atoms with E-state index in [1.165, 1.54) is 12.0 Å². The molecule has 44 heavy (non-hydrogen) atoms. The van der Waals surface area contributed by atoms with Crippen LogP contribution in [0, 0.1) is 16.6 Å². The fourth-order valence-corrected chi connectivity index (χ4v) is 9.30. The van der Waals surface area contributed by atoms with Crippen molar-refractivity contribution in [2.45, 2.75) is 66.2 Å². The molecule has 1 aliphatic heterocycles. The summed E-state index contributed by atoms with van der Waals surface area (Å²) in [5, 5.41) is 0. The van der Waals surface area contributed by atoms with Gasteiger partial charge in [0, 0.05) is 18.7 Å². The van der Waals surface area contributed by atoms with Gasteiger partial charge in [0.1, 0.15) is 10.6 Å². The van der Waals surface area contributed by atoms with Gasteiger partial charge >= 0.3 is 24.0 Å². The molecule has 2 bridgehead atoms. The van der Waals surface area contributed by atoms with Crippen LogP contribution in [0.2, 0.25) is 0 Å². The number of ether oxygens (including phenoxy) is 1. The zero-order valence-corrected chi connectivity index (χ0v) is 24.0. The Labute approximate surface area is 247 Å². The molecule has 6 nitrogen and oxygen atoms in total. The molecule has 2 aromatic rings. The van der Waals surface area contributed by atoms with Crippen molar-refractivity contribution in [1.82, 2.24) is 4.90 Å². The monoisotopic (exact) mass is 653 g/mol. The maximum absolute atomic E-state index is 14.7. The van der Waals surface area contributed by atoms with Crippen LogP contribution in [0.1, 0.15) is 49.7 Å². The van der Waals surface area contributed by atoms with E-state index in [0.717, 1.165) is 24.3 Å². The number of fused-ring (bicyclic) bond motifs is 2. The second-order valence-electron chi connectivity index (χ2n) is 11.9. The van der Waals surface area contributed by atoms with Gasteiger partial charge in [-0.05, 0) is 68.4 Å². The van der Waals surface area contributed by atoms with Crippen molar-refractivity contribution >= 4 is 21.7 Å². The van der Waals surface area contributed by atoms with Crippen molar-refractivity contribution in [3.63, 3.8) is 0 Å². The Morgan fingerprint density at radius 1 is 0.795 bits per heavy atom. The van der Waals surface area contributed by atoms with E-state index in [2.05, 4.69) is 0 Å². The molecule has 15 heteroatoms. The zero-order valence-electron chi connectivity index (χ0n) is 23.2. The highest BCUT2D eigenvalue weighted by atomic mass is 32.2. The van der Waals surface area contributed by atoms with Crippen molar-refractivity contribution in [1.29, 1.82) is 0 Å². The van der Waals surface area contributed by atoms with E-state index < -0.39 is 78.1 Å². The molecular weight excluding hydrogens is 626 g/mol. The second-order valence-corrected chi connectivity index (χ2v) is 14.1. The quantitative estimate of drug-likeness (QED) is 0.213. The first-order valence-electron chi connectivity index (χ1n) is 13.6. The maximum Gasteiger partial charge on any atom is 0.435 e. The standard InChI is InChI=1S/C29H27F8NO5S/c1-43-23(40)25-12-10-24(16-25,11-13-25)22(39)38-15-14-26(17-38,44(41,42)21-8-6-20(30)7-9-21)18-2-4-19(5-3-18)27(31,28(32,33)34)29(35,36)37/h2-9H,10-17H2,1H3/t24?,25?,26-/m0/s1. The molecule has 2 aromatic carbocycles. The lowest BCUT2D eigenvalue weighted by molar-refractivity contribution is -0.348. The largest absolute Gasteiger partial charge is 0.469 e. The number of likely N-dealkylation sites (tertiary alicyclic amines) is 1. The Morgan fingerprint density at radius 3 is 1.82 bits per heavy atom. The lowest BCUT2D eigenvalue weighted by Crippen LogP contribution is -2.50. The van der Waals surface area contributed by atoms with Crippen LogP contribution in [0.15, 0.2) is 53.4 Å². The molecule has 0 aromatic heterocycles. The molecule has 1 heterocycles. The fourth-order valence-electron chi connectivity index (χ4n) is 7.22. The number of hydrogen-bond acceptors (Lipinski definition) is 5. The molecule has 2 saturated carbocycles. The highest BCUT2D eigenvalue weighted by Crippen LogP contribution is 2.63. The van der Waals surface area contributed by atoms with Crippen LogP contribution in [0.25, 0.3) is 0 Å². The molecule has 3 aliphatic rings. The number of amides is 1. The van der Waals surface area contributed by atoms with Gasteiger partial charge in [0.2, 0.25) is 5.91 Å². The minimum absolute atomic E-state index is 0.147. The van der Waals surface area contributed by atoms with Crippen LogP contribution in [0.3, 0.4) is 0 Å². The summed E-state index contributed by atoms with van der Waals surface area (Å²) >= 11 is 0. The molecule has 0 radical (unpaired) electrons. The molecule has 240 valence electrons. The highest BCUT2D eigenvalue weighted by Gasteiger charge is 2.73. The third-order valence-corrected chi connectivity index (χ3v) is 12.2. The molecule has 3 fully saturated rings. The normalized spacial score (nSPS) is 27.5. The van der Waals surface area contributed by atoms with E-state index >= 15 is 0 Å². The van der Waals surface area contributed by atoms with E-state index in [0.29, 0.717) is 37.8 Å². The molecule has 0 spiro atoms. The summed E-state index contributed by atoms with van der Waals surface area (Å²) in [6.45, 7) is -0.677. The van der Waals surface area contributed by atoms with Gasteiger partial charge in [-0.15, -0.1) is 0 Å². The number of carbonyl (C=O) groups is 2. The maximum atomic E-state index is 14.7. The van der Waals surface area contributed by atoms with E-state index in [-0.39, 0.29) is 37.1 Å². The Bertz CT molecular complexity index is 1550. The van der Waals surface area contributed by atoms with Gasteiger partial charge < -0.3 is 9.64 Å². The molecule has 1 saturated heterocycles. The molecule has 1 amide bonds. The second kappa shape index (κ2) is 10.1. The van der Waals surface area contributed by atoms with Crippen molar-refractivity contribution in [3.05, 3.63) is 65.5 Å². The molecule has 5 rings (SSSR count). The van der Waals surface area contributed by atoms with Gasteiger partial charge in [-0.1, -0.05) is 24.3 Å². The van der Waals surface area contributed by atoms with Gasteiger partial charge in [0.05, 0.1) is 22.8 Å². The summed E-state index contributed by atoms with van der Waals surface area (Å²) < 4.78 is 140. The van der Waals surface area contributed by atoms with Crippen molar-refractivity contribution in [2.75, 3.05) is 20.2 Å². The van der Waals surface area contributed by atoms with Crippen LogP contribution in [0.4, 0.5) is 35.1 Å². The van der Waals surface area contributed by atoms with Crippen LogP contribution >= 0.6 is 0 Å². The molecule has 1 atom stereocenters. The van der Waals surface area contributed by atoms with Gasteiger partial charge in [-0.3, -0.25) is 9.59 Å². The lowest BCUT2D eigenvalue weighted by atomic mass is 9.81. The van der Waals surface area contributed by atoms with Crippen LogP contribution < -0.4 is 0 Å². The third-order valence-electron chi connectivity index (χ3n) is 9.66. The SMILES string of the molecule is COC(=O)C12CCC(C(=O)N3CC[C@](c4ccc(C(F)(C(F)(F)F)C(F)(F)F)cc4)(S(=O)(=O)c4ccc(F)cc4)C3)(CC1)C2.